The van der Waals surface area contributed by atoms with Gasteiger partial charge in [0.1, 0.15) is 18.1 Å². The summed E-state index contributed by atoms with van der Waals surface area (Å²) in [6.45, 7) is 13.2. The van der Waals surface area contributed by atoms with Crippen LogP contribution in [-0.4, -0.2) is 35.3 Å². The number of carbonyl (C=O) groups excluding carboxylic acids is 2. The molecule has 2 rings (SSSR count). The van der Waals surface area contributed by atoms with E-state index in [0.29, 0.717) is 31.3 Å². The molecular formula is C25H38N4O4. The maximum atomic E-state index is 11.0. The fourth-order valence-corrected chi connectivity index (χ4v) is 2.64. The minimum absolute atomic E-state index is 0.0528. The highest BCUT2D eigenvalue weighted by Crippen LogP contribution is 2.21. The Balaban J connectivity index is 0.000000608. The highest BCUT2D eigenvalue weighted by atomic mass is 16.5. The average molecular weight is 459 g/mol. The van der Waals surface area contributed by atoms with Gasteiger partial charge in [-0.2, -0.15) is 5.10 Å². The number of benzene rings is 1. The summed E-state index contributed by atoms with van der Waals surface area (Å²) in [6.07, 6.45) is 7.17. The van der Waals surface area contributed by atoms with Gasteiger partial charge in [0, 0.05) is 19.3 Å². The number of carbonyl (C=O) groups is 2. The molecule has 0 atom stereocenters. The molecule has 182 valence electrons. The van der Waals surface area contributed by atoms with Gasteiger partial charge in [-0.25, -0.2) is 5.43 Å². The quantitative estimate of drug-likeness (QED) is 0.202. The Morgan fingerprint density at radius 1 is 1.30 bits per heavy atom. The van der Waals surface area contributed by atoms with Crippen molar-refractivity contribution in [3.63, 3.8) is 0 Å². The molecule has 0 unspecified atom stereocenters. The van der Waals surface area contributed by atoms with Crippen molar-refractivity contribution in [3.8, 4) is 5.75 Å². The molecule has 1 heterocycles. The van der Waals surface area contributed by atoms with E-state index in [4.69, 9.17) is 21.3 Å². The Labute approximate surface area is 197 Å². The summed E-state index contributed by atoms with van der Waals surface area (Å²) < 4.78 is 5.27. The van der Waals surface area contributed by atoms with Crippen LogP contribution in [0.2, 0.25) is 0 Å². The van der Waals surface area contributed by atoms with Gasteiger partial charge in [-0.15, -0.1) is 0 Å². The lowest BCUT2D eigenvalue weighted by molar-refractivity contribution is -0.121. The van der Waals surface area contributed by atoms with E-state index in [1.54, 1.807) is 32.1 Å². The number of hydrogen-bond acceptors (Lipinski definition) is 7. The number of allylic oxidation sites excluding steroid dienone is 3. The van der Waals surface area contributed by atoms with Gasteiger partial charge in [0.15, 0.2) is 6.29 Å². The van der Waals surface area contributed by atoms with E-state index in [1.165, 1.54) is 0 Å². The van der Waals surface area contributed by atoms with Gasteiger partial charge in [0.25, 0.3) is 0 Å². The van der Waals surface area contributed by atoms with E-state index >= 15 is 0 Å². The molecule has 8 heteroatoms. The minimum Gasteiger partial charge on any atom is -0.508 e. The first kappa shape index (κ1) is 29.8. The van der Waals surface area contributed by atoms with Gasteiger partial charge >= 0.3 is 0 Å². The van der Waals surface area contributed by atoms with Gasteiger partial charge in [-0.05, 0) is 62.2 Å². The third-order valence-electron chi connectivity index (χ3n) is 4.11. The molecule has 0 aliphatic carbocycles. The Hall–Kier alpha value is -3.23. The molecule has 0 saturated heterocycles. The van der Waals surface area contributed by atoms with Crippen LogP contribution in [0.3, 0.4) is 0 Å². The van der Waals surface area contributed by atoms with Crippen molar-refractivity contribution in [1.82, 2.24) is 5.43 Å². The van der Waals surface area contributed by atoms with E-state index in [1.807, 2.05) is 39.0 Å². The van der Waals surface area contributed by atoms with E-state index in [2.05, 4.69) is 17.1 Å². The van der Waals surface area contributed by atoms with E-state index < -0.39 is 5.66 Å². The number of nitrogens with one attached hydrogen (secondary N) is 1. The molecule has 6 N–H and O–H groups in total. The smallest absolute Gasteiger partial charge is 0.240 e. The molecule has 1 amide bonds. The predicted molar refractivity (Wildman–Crippen MR) is 134 cm³/mol. The Bertz CT molecular complexity index is 881. The number of aliphatic hydroxyl groups excluding tert-OH is 1. The molecule has 0 saturated carbocycles. The van der Waals surface area contributed by atoms with Crippen molar-refractivity contribution in [1.29, 1.82) is 0 Å². The van der Waals surface area contributed by atoms with Crippen LogP contribution in [0.15, 0.2) is 59.4 Å². The first-order chi connectivity index (χ1) is 15.6. The Morgan fingerprint density at radius 2 is 1.97 bits per heavy atom. The molecule has 0 fully saturated rings. The zero-order valence-electron chi connectivity index (χ0n) is 20.4. The first-order valence-electron chi connectivity index (χ1n) is 10.9. The molecule has 0 spiro atoms. The molecule has 0 bridgehead atoms. The highest BCUT2D eigenvalue weighted by molar-refractivity contribution is 6.04. The summed E-state index contributed by atoms with van der Waals surface area (Å²) in [6, 6.07) is 5.63. The number of rotatable bonds is 8. The molecule has 8 nitrogen and oxygen atoms in total. The number of nitrogens with zero attached hydrogens (tertiary/aromatic N) is 1. The standard InChI is InChI=1S/C13H14N2O3.C10H18N2O.C2H6/c1-9-8-10(2-4-12(9)18-7-6-16)11-3-5-13(17)15-14-11;1-4-9(13)6-5-8(2)7-10(3,11)12;1-2/h2,4,6,8H,3,5,7H2,1H3,(H,15,17);4-6,13H,2,7,11-12H2,1,3H3;1-2H3/b;6-5-,9-4+;. The van der Waals surface area contributed by atoms with Crippen LogP contribution >= 0.6 is 0 Å². The summed E-state index contributed by atoms with van der Waals surface area (Å²) in [5.41, 5.74) is 16.4. The van der Waals surface area contributed by atoms with Gasteiger partial charge < -0.3 is 21.3 Å². The number of amides is 1. The summed E-state index contributed by atoms with van der Waals surface area (Å²) >= 11 is 0. The predicted octanol–water partition coefficient (Wildman–Crippen LogP) is 3.80. The van der Waals surface area contributed by atoms with E-state index in [-0.39, 0.29) is 18.3 Å². The minimum atomic E-state index is -0.743. The SMILES string of the molecule is C=C(/C=C\C(O)=C/C)CC(C)(N)N.CC.Cc1cc(C2=NNC(=O)CC2)ccc1OCC=O. The first-order valence-corrected chi connectivity index (χ1v) is 10.9. The van der Waals surface area contributed by atoms with E-state index in [9.17, 15) is 9.59 Å². The van der Waals surface area contributed by atoms with Gasteiger partial charge in [-0.1, -0.05) is 32.1 Å². The van der Waals surface area contributed by atoms with Crippen molar-refractivity contribution in [2.45, 2.75) is 59.5 Å². The number of ether oxygens (including phenoxy) is 1. The summed E-state index contributed by atoms with van der Waals surface area (Å²) in [5, 5.41) is 13.1. The number of aldehydes is 1. The molecule has 1 aromatic carbocycles. The lowest BCUT2D eigenvalue weighted by Gasteiger charge is -2.18. The second-order valence-electron chi connectivity index (χ2n) is 7.44. The summed E-state index contributed by atoms with van der Waals surface area (Å²) in [7, 11) is 0. The molecule has 1 aromatic rings. The number of hydrazone groups is 1. The van der Waals surface area contributed by atoms with Gasteiger partial charge in [0.05, 0.1) is 11.4 Å². The second-order valence-corrected chi connectivity index (χ2v) is 7.44. The summed E-state index contributed by atoms with van der Waals surface area (Å²) in [5.74, 6) is 0.838. The topological polar surface area (TPSA) is 140 Å². The van der Waals surface area contributed by atoms with Crippen LogP contribution in [0.4, 0.5) is 0 Å². The fraction of sp³-hybridized carbons (Fsp3) is 0.400. The largest absolute Gasteiger partial charge is 0.508 e. The fourth-order valence-electron chi connectivity index (χ4n) is 2.64. The average Bonchev–Trinajstić information content (AvgIpc) is 2.78. The van der Waals surface area contributed by atoms with Crippen LogP contribution in [-0.2, 0) is 9.59 Å². The third kappa shape index (κ3) is 13.0. The molecule has 33 heavy (non-hydrogen) atoms. The van der Waals surface area contributed by atoms with Crippen LogP contribution < -0.4 is 21.6 Å². The summed E-state index contributed by atoms with van der Waals surface area (Å²) in [4.78, 5) is 21.3. The number of nitrogens with two attached hydrogens (primary N) is 2. The Morgan fingerprint density at radius 3 is 2.45 bits per heavy atom. The normalized spacial score (nSPS) is 13.6. The van der Waals surface area contributed by atoms with Crippen LogP contribution in [0, 0.1) is 6.92 Å². The van der Waals surface area contributed by atoms with Crippen molar-refractivity contribution < 1.29 is 19.4 Å². The molecule has 0 radical (unpaired) electrons. The maximum absolute atomic E-state index is 11.0. The van der Waals surface area contributed by atoms with Crippen molar-refractivity contribution >= 4 is 17.9 Å². The second kappa shape index (κ2) is 15.6. The number of aliphatic hydroxyl groups is 1. The highest BCUT2D eigenvalue weighted by Gasteiger charge is 2.14. The maximum Gasteiger partial charge on any atom is 0.240 e. The Kier molecular flexibility index (Phi) is 14.0. The molecular weight excluding hydrogens is 420 g/mol. The molecule has 1 aliphatic rings. The zero-order valence-corrected chi connectivity index (χ0v) is 20.4. The van der Waals surface area contributed by atoms with Crippen LogP contribution in [0.1, 0.15) is 58.1 Å². The van der Waals surface area contributed by atoms with Crippen molar-refractivity contribution in [2.75, 3.05) is 6.61 Å². The third-order valence-corrected chi connectivity index (χ3v) is 4.11. The zero-order chi connectivity index (χ0) is 25.4. The lowest BCUT2D eigenvalue weighted by Crippen LogP contribution is -2.46. The number of aryl methyl sites for hydroxylation is 1. The van der Waals surface area contributed by atoms with Crippen molar-refractivity contribution in [3.05, 3.63) is 65.5 Å². The van der Waals surface area contributed by atoms with Crippen molar-refractivity contribution in [2.24, 2.45) is 16.6 Å². The lowest BCUT2D eigenvalue weighted by atomic mass is 10.0. The monoisotopic (exact) mass is 458 g/mol. The van der Waals surface area contributed by atoms with Gasteiger partial charge in [0.2, 0.25) is 5.91 Å². The van der Waals surface area contributed by atoms with Crippen LogP contribution in [0.25, 0.3) is 0 Å². The van der Waals surface area contributed by atoms with E-state index in [0.717, 1.165) is 22.4 Å². The molecule has 0 aromatic heterocycles. The molecule has 1 aliphatic heterocycles. The van der Waals surface area contributed by atoms with Gasteiger partial charge in [-0.3, -0.25) is 9.59 Å². The van der Waals surface area contributed by atoms with Crippen LogP contribution in [0.5, 0.6) is 5.75 Å². The number of hydrogen-bond donors (Lipinski definition) is 4.